The molecule has 0 spiro atoms. The van der Waals surface area contributed by atoms with Gasteiger partial charge in [0.25, 0.3) is 0 Å². The topological polar surface area (TPSA) is 90.0 Å². The van der Waals surface area contributed by atoms with E-state index in [4.69, 9.17) is 5.73 Å². The summed E-state index contributed by atoms with van der Waals surface area (Å²) in [6, 6.07) is -1.17. The van der Waals surface area contributed by atoms with Gasteiger partial charge in [0.2, 0.25) is 5.78 Å². The number of carbonyl (C=O) groups excluding carboxylic acids is 2. The summed E-state index contributed by atoms with van der Waals surface area (Å²) in [7, 11) is 0. The Kier molecular flexibility index (Phi) is 7.05. The molecule has 6 nitrogen and oxygen atoms in total. The molecule has 1 fully saturated rings. The molecule has 2 unspecified atom stereocenters. The Hall–Kier alpha value is -2.73. The number of halogens is 6. The zero-order chi connectivity index (χ0) is 25.5. The van der Waals surface area contributed by atoms with Gasteiger partial charge in [-0.15, -0.1) is 0 Å². The zero-order valence-electron chi connectivity index (χ0n) is 18.6. The molecule has 2 atom stereocenters. The normalized spacial score (nSPS) is 19.6. The van der Waals surface area contributed by atoms with E-state index in [1.54, 1.807) is 0 Å². The van der Waals surface area contributed by atoms with Gasteiger partial charge in [-0.25, -0.2) is 18.2 Å². The van der Waals surface area contributed by atoms with Gasteiger partial charge in [-0.3, -0.25) is 9.59 Å². The van der Waals surface area contributed by atoms with Crippen molar-refractivity contribution >= 4 is 11.6 Å². The second-order valence-electron chi connectivity index (χ2n) is 9.08. The molecular weight excluding hydrogens is 478 g/mol. The number of hydrogen-bond donors (Lipinski definition) is 2. The highest BCUT2D eigenvalue weighted by Gasteiger charge is 2.44. The molecule has 2 aromatic rings. The molecule has 0 saturated heterocycles. The smallest absolute Gasteiger partial charge is 0.327 e. The second kappa shape index (κ2) is 9.73. The Bertz CT molecular complexity index is 1140. The third kappa shape index (κ3) is 5.13. The molecule has 0 radical (unpaired) electrons. The van der Waals surface area contributed by atoms with Crippen LogP contribution in [-0.4, -0.2) is 33.7 Å². The predicted octanol–water partition coefficient (Wildman–Crippen LogP) is 3.87. The standard InChI is InChI=1S/C23H24F6N4O2/c24-14-8-16(26)15(25)6-12(14)5-13(30)7-19(34)17-9-31-10-18-21(23(27,28)29)32-22(33(17)18)20(35)11-3-1-2-4-11/h6,8,11,13,17,31H,1-5,7,9-10,30H2. The number of imidazole rings is 1. The van der Waals surface area contributed by atoms with Crippen LogP contribution in [0.25, 0.3) is 0 Å². The van der Waals surface area contributed by atoms with Crippen molar-refractivity contribution < 1.29 is 35.9 Å². The monoisotopic (exact) mass is 502 g/mol. The summed E-state index contributed by atoms with van der Waals surface area (Å²) in [5, 5.41) is 2.77. The average Bonchev–Trinajstić information content (AvgIpc) is 3.45. The van der Waals surface area contributed by atoms with Gasteiger partial charge in [-0.2, -0.15) is 13.2 Å². The number of ketones is 2. The summed E-state index contributed by atoms with van der Waals surface area (Å²) in [5.41, 5.74) is 4.22. The van der Waals surface area contributed by atoms with E-state index in [9.17, 15) is 35.9 Å². The molecule has 1 aliphatic carbocycles. The number of hydrogen-bond acceptors (Lipinski definition) is 5. The highest BCUT2D eigenvalue weighted by Crippen LogP contribution is 2.37. The van der Waals surface area contributed by atoms with Gasteiger partial charge in [-0.1, -0.05) is 12.8 Å². The molecule has 190 valence electrons. The number of carbonyl (C=O) groups is 2. The number of nitrogens with one attached hydrogen (secondary N) is 1. The molecule has 1 aromatic heterocycles. The first-order chi connectivity index (χ1) is 16.5. The summed E-state index contributed by atoms with van der Waals surface area (Å²) in [5.74, 6) is -5.60. The molecule has 2 heterocycles. The van der Waals surface area contributed by atoms with Crippen LogP contribution in [-0.2, 0) is 23.9 Å². The Morgan fingerprint density at radius 1 is 1.11 bits per heavy atom. The third-order valence-corrected chi connectivity index (χ3v) is 6.57. The molecule has 3 N–H and O–H groups in total. The lowest BCUT2D eigenvalue weighted by Crippen LogP contribution is -2.41. The van der Waals surface area contributed by atoms with E-state index < -0.39 is 58.9 Å². The molecule has 1 aliphatic heterocycles. The lowest BCUT2D eigenvalue weighted by atomic mass is 9.96. The summed E-state index contributed by atoms with van der Waals surface area (Å²) in [4.78, 5) is 29.9. The van der Waals surface area contributed by atoms with Crippen molar-refractivity contribution in [3.63, 3.8) is 0 Å². The van der Waals surface area contributed by atoms with Crippen molar-refractivity contribution in [2.45, 2.75) is 63.3 Å². The number of rotatable bonds is 7. The Labute approximate surface area is 196 Å². The maximum atomic E-state index is 14.0. The van der Waals surface area contributed by atoms with Crippen LogP contribution in [0.1, 0.15) is 65.7 Å². The number of nitrogens with two attached hydrogens (primary N) is 1. The minimum atomic E-state index is -4.82. The quantitative estimate of drug-likeness (QED) is 0.341. The minimum Gasteiger partial charge on any atom is -0.327 e. The van der Waals surface area contributed by atoms with Crippen LogP contribution in [0, 0.1) is 23.4 Å². The SMILES string of the molecule is NC(CC(=O)C1CNCc2c(C(F)(F)F)nc(C(=O)C3CCCC3)n21)Cc1cc(F)c(F)cc1F. The highest BCUT2D eigenvalue weighted by atomic mass is 19.4. The number of nitrogens with zero attached hydrogens (tertiary/aromatic N) is 2. The number of fused-ring (bicyclic) bond motifs is 1. The van der Waals surface area contributed by atoms with Gasteiger partial charge in [-0.05, 0) is 30.9 Å². The molecular formula is C23H24F6N4O2. The number of aromatic nitrogens is 2. The van der Waals surface area contributed by atoms with Crippen LogP contribution in [0.5, 0.6) is 0 Å². The van der Waals surface area contributed by atoms with E-state index in [-0.39, 0.29) is 43.0 Å². The summed E-state index contributed by atoms with van der Waals surface area (Å²) in [6.07, 6.45) is -2.84. The molecule has 0 bridgehead atoms. The van der Waals surface area contributed by atoms with E-state index in [0.29, 0.717) is 25.0 Å². The van der Waals surface area contributed by atoms with Crippen LogP contribution in [0.15, 0.2) is 12.1 Å². The van der Waals surface area contributed by atoms with Crippen molar-refractivity contribution in [1.82, 2.24) is 14.9 Å². The fourth-order valence-corrected chi connectivity index (χ4v) is 4.89. The molecule has 0 amide bonds. The van der Waals surface area contributed by atoms with Gasteiger partial charge >= 0.3 is 6.18 Å². The molecule has 4 rings (SSSR count). The van der Waals surface area contributed by atoms with E-state index in [1.807, 2.05) is 0 Å². The van der Waals surface area contributed by atoms with Gasteiger partial charge in [0, 0.05) is 37.5 Å². The zero-order valence-corrected chi connectivity index (χ0v) is 18.6. The lowest BCUT2D eigenvalue weighted by molar-refractivity contribution is -0.142. The van der Waals surface area contributed by atoms with Crippen molar-refractivity contribution in [3.8, 4) is 0 Å². The van der Waals surface area contributed by atoms with Crippen LogP contribution >= 0.6 is 0 Å². The van der Waals surface area contributed by atoms with Crippen molar-refractivity contribution in [3.05, 3.63) is 52.4 Å². The molecule has 1 saturated carbocycles. The first-order valence-corrected chi connectivity index (χ1v) is 11.3. The van der Waals surface area contributed by atoms with Crippen LogP contribution in [0.3, 0.4) is 0 Å². The van der Waals surface area contributed by atoms with E-state index in [1.165, 1.54) is 0 Å². The third-order valence-electron chi connectivity index (χ3n) is 6.57. The van der Waals surface area contributed by atoms with Crippen molar-refractivity contribution in [1.29, 1.82) is 0 Å². The fourth-order valence-electron chi connectivity index (χ4n) is 4.89. The van der Waals surface area contributed by atoms with Gasteiger partial charge < -0.3 is 15.6 Å². The van der Waals surface area contributed by atoms with Gasteiger partial charge in [0.15, 0.2) is 28.9 Å². The van der Waals surface area contributed by atoms with Gasteiger partial charge in [0.05, 0.1) is 5.69 Å². The van der Waals surface area contributed by atoms with Gasteiger partial charge in [0.1, 0.15) is 11.9 Å². The minimum absolute atomic E-state index is 0.0449. The van der Waals surface area contributed by atoms with E-state index >= 15 is 0 Å². The van der Waals surface area contributed by atoms with E-state index in [0.717, 1.165) is 17.4 Å². The Morgan fingerprint density at radius 2 is 1.77 bits per heavy atom. The number of Topliss-reactive ketones (excluding diaryl/α,β-unsaturated/α-hetero) is 2. The van der Waals surface area contributed by atoms with Crippen LogP contribution < -0.4 is 11.1 Å². The molecule has 12 heteroatoms. The summed E-state index contributed by atoms with van der Waals surface area (Å²) < 4.78 is 82.8. The number of benzene rings is 1. The Balaban J connectivity index is 1.61. The first kappa shape index (κ1) is 25.4. The summed E-state index contributed by atoms with van der Waals surface area (Å²) in [6.45, 7) is -0.271. The average molecular weight is 502 g/mol. The Morgan fingerprint density at radius 3 is 2.43 bits per heavy atom. The number of alkyl halides is 3. The predicted molar refractivity (Wildman–Crippen MR) is 112 cm³/mol. The lowest BCUT2D eigenvalue weighted by Gasteiger charge is -2.28. The van der Waals surface area contributed by atoms with Crippen molar-refractivity contribution in [2.75, 3.05) is 6.54 Å². The second-order valence-corrected chi connectivity index (χ2v) is 9.08. The van der Waals surface area contributed by atoms with Crippen LogP contribution in [0.2, 0.25) is 0 Å². The maximum absolute atomic E-state index is 14.0. The highest BCUT2D eigenvalue weighted by molar-refractivity contribution is 5.96. The van der Waals surface area contributed by atoms with E-state index in [2.05, 4.69) is 10.3 Å². The van der Waals surface area contributed by atoms with Crippen LogP contribution in [0.4, 0.5) is 26.3 Å². The summed E-state index contributed by atoms with van der Waals surface area (Å²) >= 11 is 0. The maximum Gasteiger partial charge on any atom is 0.435 e. The van der Waals surface area contributed by atoms with Crippen molar-refractivity contribution in [2.24, 2.45) is 11.7 Å². The molecule has 35 heavy (non-hydrogen) atoms. The first-order valence-electron chi connectivity index (χ1n) is 11.3. The molecule has 2 aliphatic rings. The fraction of sp³-hybridized carbons (Fsp3) is 0.522. The molecule has 1 aromatic carbocycles. The largest absolute Gasteiger partial charge is 0.435 e.